The third-order valence-corrected chi connectivity index (χ3v) is 9.19. The lowest BCUT2D eigenvalue weighted by Crippen LogP contribution is -2.39. The second-order valence-electron chi connectivity index (χ2n) is 12.2. The molecule has 1 aromatic carbocycles. The van der Waals surface area contributed by atoms with Crippen LogP contribution in [0.15, 0.2) is 47.8 Å². The van der Waals surface area contributed by atoms with E-state index in [2.05, 4.69) is 39.5 Å². The lowest BCUT2D eigenvalue weighted by molar-refractivity contribution is -0.117. The lowest BCUT2D eigenvalue weighted by atomic mass is 9.88. The van der Waals surface area contributed by atoms with Crippen LogP contribution in [0, 0.1) is 12.8 Å². The molecule has 3 N–H and O–H groups in total. The maximum absolute atomic E-state index is 13.7. The smallest absolute Gasteiger partial charge is 0.251 e. The maximum Gasteiger partial charge on any atom is 0.251 e. The summed E-state index contributed by atoms with van der Waals surface area (Å²) in [5.74, 6) is -0.459. The summed E-state index contributed by atoms with van der Waals surface area (Å²) in [4.78, 5) is 31.1. The Hall–Kier alpha value is -3.27. The third-order valence-electron chi connectivity index (χ3n) is 9.19. The quantitative estimate of drug-likeness (QED) is 0.470. The molecule has 9 heteroatoms. The zero-order valence-electron chi connectivity index (χ0n) is 25.6. The molecule has 1 aromatic heterocycles. The molecule has 0 bridgehead atoms. The highest BCUT2D eigenvalue weighted by Gasteiger charge is 2.27. The molecule has 2 heterocycles. The summed E-state index contributed by atoms with van der Waals surface area (Å²) in [6, 6.07) is 4.80. The van der Waals surface area contributed by atoms with Gasteiger partial charge in [-0.05, 0) is 81.4 Å². The molecule has 42 heavy (non-hydrogen) atoms. The molecule has 1 atom stereocenters. The number of ketones is 1. The van der Waals surface area contributed by atoms with Crippen LogP contribution in [0.5, 0.6) is 0 Å². The average Bonchev–Trinajstić information content (AvgIpc) is 3.45. The van der Waals surface area contributed by atoms with E-state index in [1.54, 1.807) is 6.08 Å². The first kappa shape index (κ1) is 30.2. The topological polar surface area (TPSA) is 106 Å². The van der Waals surface area contributed by atoms with E-state index in [4.69, 9.17) is 10.5 Å². The third kappa shape index (κ3) is 7.02. The zero-order valence-corrected chi connectivity index (χ0v) is 25.6. The van der Waals surface area contributed by atoms with E-state index in [0.717, 1.165) is 98.6 Å². The first-order chi connectivity index (χ1) is 20.2. The summed E-state index contributed by atoms with van der Waals surface area (Å²) < 4.78 is 7.45. The Morgan fingerprint density at radius 1 is 1.07 bits per heavy atom. The highest BCUT2D eigenvalue weighted by atomic mass is 16.5. The van der Waals surface area contributed by atoms with Crippen LogP contribution in [-0.4, -0.2) is 84.9 Å². The van der Waals surface area contributed by atoms with E-state index in [1.165, 1.54) is 0 Å². The van der Waals surface area contributed by atoms with Crippen LogP contribution in [0.2, 0.25) is 0 Å². The van der Waals surface area contributed by atoms with Crippen molar-refractivity contribution >= 4 is 17.4 Å². The number of nitrogens with two attached hydrogens (primary N) is 1. The number of nitrogens with one attached hydrogen (secondary N) is 1. The SMILES string of the molecule is CC1=CC(=O)C(CNC(=O)c2cc(-c3cnn(CCN4CCOCC4)c3)cc(N(C)C3CCC(N)CC3)c2C)C(C)=C1. The predicted molar refractivity (Wildman–Crippen MR) is 167 cm³/mol. The molecule has 9 nitrogen and oxygen atoms in total. The van der Waals surface area contributed by atoms with Gasteiger partial charge in [-0.3, -0.25) is 19.2 Å². The zero-order chi connectivity index (χ0) is 29.8. The molecule has 2 aromatic rings. The van der Waals surface area contributed by atoms with Crippen LogP contribution in [-0.2, 0) is 16.1 Å². The van der Waals surface area contributed by atoms with Crippen LogP contribution in [0.4, 0.5) is 5.69 Å². The number of allylic oxidation sites excluding steroid dienone is 3. The maximum atomic E-state index is 13.7. The molecule has 5 rings (SSSR count). The number of ether oxygens (including phenoxy) is 1. The normalized spacial score (nSPS) is 23.4. The van der Waals surface area contributed by atoms with Crippen molar-refractivity contribution in [1.82, 2.24) is 20.0 Å². The fourth-order valence-corrected chi connectivity index (χ4v) is 6.46. The van der Waals surface area contributed by atoms with E-state index in [1.807, 2.05) is 43.8 Å². The van der Waals surface area contributed by atoms with Crippen LogP contribution in [0.3, 0.4) is 0 Å². The van der Waals surface area contributed by atoms with Gasteiger partial charge in [0, 0.05) is 68.3 Å². The highest BCUT2D eigenvalue weighted by molar-refractivity contribution is 6.00. The van der Waals surface area contributed by atoms with Gasteiger partial charge in [0.2, 0.25) is 0 Å². The molecule has 1 saturated carbocycles. The minimum absolute atomic E-state index is 0.0405. The Morgan fingerprint density at radius 3 is 2.52 bits per heavy atom. The van der Waals surface area contributed by atoms with Gasteiger partial charge in [-0.15, -0.1) is 0 Å². The van der Waals surface area contributed by atoms with E-state index >= 15 is 0 Å². The van der Waals surface area contributed by atoms with E-state index in [-0.39, 0.29) is 30.2 Å². The number of benzene rings is 1. The molecule has 0 radical (unpaired) electrons. The standard InChI is InChI=1S/C33H46N6O3/c1-22-15-23(2)30(32(40)16-22)20-35-33(41)29-17-25(18-31(24(29)3)37(4)28-7-5-27(34)6-8-28)26-19-36-39(21-26)10-9-38-11-13-42-14-12-38/h15-19,21,27-28,30H,5-14,20,34H2,1-4H3,(H,35,41). The molecule has 2 fully saturated rings. The number of nitrogens with zero attached hydrogens (tertiary/aromatic N) is 4. The second kappa shape index (κ2) is 13.4. The molecular weight excluding hydrogens is 528 g/mol. The van der Waals surface area contributed by atoms with Crippen molar-refractivity contribution in [2.24, 2.45) is 11.7 Å². The Bertz CT molecular complexity index is 1350. The fraction of sp³-hybridized carbons (Fsp3) is 0.545. The first-order valence-electron chi connectivity index (χ1n) is 15.3. The largest absolute Gasteiger partial charge is 0.379 e. The van der Waals surface area contributed by atoms with Crippen molar-refractivity contribution in [3.63, 3.8) is 0 Å². The summed E-state index contributed by atoms with van der Waals surface area (Å²) in [6.45, 7) is 11.4. The highest BCUT2D eigenvalue weighted by Crippen LogP contribution is 2.34. The monoisotopic (exact) mass is 574 g/mol. The summed E-state index contributed by atoms with van der Waals surface area (Å²) >= 11 is 0. The van der Waals surface area contributed by atoms with Crippen molar-refractivity contribution in [3.05, 3.63) is 59.0 Å². The Kier molecular flexibility index (Phi) is 9.60. The van der Waals surface area contributed by atoms with Crippen molar-refractivity contribution in [1.29, 1.82) is 0 Å². The number of carbonyl (C=O) groups is 2. The minimum Gasteiger partial charge on any atom is -0.379 e. The molecule has 1 unspecified atom stereocenters. The van der Waals surface area contributed by atoms with Gasteiger partial charge in [0.25, 0.3) is 5.91 Å². The second-order valence-corrected chi connectivity index (χ2v) is 12.2. The van der Waals surface area contributed by atoms with Crippen molar-refractivity contribution in [3.8, 4) is 11.1 Å². The Balaban J connectivity index is 1.39. The average molecular weight is 575 g/mol. The number of carbonyl (C=O) groups excluding carboxylic acids is 2. The molecule has 1 saturated heterocycles. The molecule has 0 spiro atoms. The summed E-state index contributed by atoms with van der Waals surface area (Å²) in [7, 11) is 2.13. The Labute approximate surface area is 249 Å². The molecule has 1 aliphatic heterocycles. The fourth-order valence-electron chi connectivity index (χ4n) is 6.46. The lowest BCUT2D eigenvalue weighted by Gasteiger charge is -2.36. The number of rotatable bonds is 9. The van der Waals surface area contributed by atoms with Gasteiger partial charge in [-0.1, -0.05) is 11.6 Å². The van der Waals surface area contributed by atoms with Gasteiger partial charge < -0.3 is 20.7 Å². The molecular formula is C33H46N6O3. The molecule has 1 amide bonds. The number of amides is 1. The summed E-state index contributed by atoms with van der Waals surface area (Å²) in [5, 5.41) is 7.72. The van der Waals surface area contributed by atoms with Crippen LogP contribution >= 0.6 is 0 Å². The number of morpholine rings is 1. The molecule has 226 valence electrons. The molecule has 2 aliphatic carbocycles. The summed E-state index contributed by atoms with van der Waals surface area (Å²) in [5.41, 5.74) is 12.7. The first-order valence-corrected chi connectivity index (χ1v) is 15.3. The van der Waals surface area contributed by atoms with E-state index < -0.39 is 0 Å². The van der Waals surface area contributed by atoms with Crippen LogP contribution in [0.25, 0.3) is 11.1 Å². The van der Waals surface area contributed by atoms with Gasteiger partial charge in [0.1, 0.15) is 0 Å². The van der Waals surface area contributed by atoms with Gasteiger partial charge in [-0.2, -0.15) is 5.10 Å². The van der Waals surface area contributed by atoms with Gasteiger partial charge in [-0.25, -0.2) is 0 Å². The number of aromatic nitrogens is 2. The van der Waals surface area contributed by atoms with Gasteiger partial charge >= 0.3 is 0 Å². The van der Waals surface area contributed by atoms with Crippen molar-refractivity contribution in [2.75, 3.05) is 51.3 Å². The van der Waals surface area contributed by atoms with Crippen molar-refractivity contribution in [2.45, 2.75) is 65.1 Å². The number of hydrogen-bond acceptors (Lipinski definition) is 7. The minimum atomic E-state index is -0.334. The molecule has 3 aliphatic rings. The van der Waals surface area contributed by atoms with Gasteiger partial charge in [0.05, 0.1) is 31.9 Å². The van der Waals surface area contributed by atoms with Crippen LogP contribution in [0.1, 0.15) is 55.5 Å². The van der Waals surface area contributed by atoms with Gasteiger partial charge in [0.15, 0.2) is 5.78 Å². The summed E-state index contributed by atoms with van der Waals surface area (Å²) in [6.07, 6.45) is 11.7. The Morgan fingerprint density at radius 2 is 1.81 bits per heavy atom. The van der Waals surface area contributed by atoms with Crippen molar-refractivity contribution < 1.29 is 14.3 Å². The number of hydrogen-bond donors (Lipinski definition) is 2. The van der Waals surface area contributed by atoms with Crippen LogP contribution < -0.4 is 16.0 Å². The van der Waals surface area contributed by atoms with E-state index in [9.17, 15) is 9.59 Å². The predicted octanol–water partition coefficient (Wildman–Crippen LogP) is 3.72. The number of anilines is 1. The van der Waals surface area contributed by atoms with E-state index in [0.29, 0.717) is 11.6 Å².